The number of hydrogen-bond acceptors (Lipinski definition) is 16. The smallest absolute Gasteiger partial charge is 0.330 e. The lowest BCUT2D eigenvalue weighted by Crippen LogP contribution is -2.46. The molecular formula is C56H64Cl5N13O8. The van der Waals surface area contributed by atoms with Crippen LogP contribution in [-0.4, -0.2) is 110 Å². The predicted octanol–water partition coefficient (Wildman–Crippen LogP) is 13.0. The number of rotatable bonds is 16. The van der Waals surface area contributed by atoms with Crippen molar-refractivity contribution in [2.45, 2.75) is 47.7 Å². The van der Waals surface area contributed by atoms with Gasteiger partial charge in [0, 0.05) is 60.9 Å². The Morgan fingerprint density at radius 3 is 1.30 bits per heavy atom. The van der Waals surface area contributed by atoms with E-state index < -0.39 is 11.3 Å². The number of carbonyl (C=O) groups is 4. The predicted molar refractivity (Wildman–Crippen MR) is 330 cm³/mol. The maximum atomic E-state index is 13.4. The van der Waals surface area contributed by atoms with E-state index in [1.165, 1.54) is 67.7 Å². The molecule has 5 N–H and O–H groups in total. The second kappa shape index (κ2) is 29.8. The third kappa shape index (κ3) is 15.4. The number of carbonyl (C=O) groups excluding carboxylic acids is 4. The largest absolute Gasteiger partial charge is 0.495 e. The zero-order valence-electron chi connectivity index (χ0n) is 47.1. The third-order valence-electron chi connectivity index (χ3n) is 12.3. The first-order chi connectivity index (χ1) is 39.0. The molecule has 0 bridgehead atoms. The van der Waals surface area contributed by atoms with E-state index in [4.69, 9.17) is 82.7 Å². The number of nitrogens with one attached hydrogen (secondary N) is 3. The topological polar surface area (TPSA) is 235 Å². The van der Waals surface area contributed by atoms with Crippen LogP contribution in [0.5, 0.6) is 23.0 Å². The number of hydrogen-bond donors (Lipinski definition) is 4. The summed E-state index contributed by atoms with van der Waals surface area (Å²) in [7, 11) is 9.06. The fourth-order valence-electron chi connectivity index (χ4n) is 7.76. The number of allylic oxidation sites excluding steroid dienone is 1. The van der Waals surface area contributed by atoms with Crippen molar-refractivity contribution in [1.82, 2.24) is 24.8 Å². The number of fused-ring (bicyclic) bond motifs is 2. The van der Waals surface area contributed by atoms with Crippen LogP contribution in [0, 0.1) is 0 Å². The minimum Gasteiger partial charge on any atom is -0.495 e. The monoisotopic (exact) mass is 1220 g/mol. The summed E-state index contributed by atoms with van der Waals surface area (Å²) in [6.45, 7) is 20.5. The summed E-state index contributed by atoms with van der Waals surface area (Å²) in [6, 6.07) is 16.7. The second-order valence-electron chi connectivity index (χ2n) is 17.7. The van der Waals surface area contributed by atoms with E-state index in [-0.39, 0.29) is 62.4 Å². The maximum absolute atomic E-state index is 13.4. The molecule has 0 spiro atoms. The van der Waals surface area contributed by atoms with Crippen LogP contribution in [0.2, 0.25) is 20.1 Å². The molecule has 0 saturated heterocycles. The van der Waals surface area contributed by atoms with Crippen LogP contribution >= 0.6 is 58.0 Å². The summed E-state index contributed by atoms with van der Waals surface area (Å²) in [6.07, 6.45) is 3.24. The van der Waals surface area contributed by atoms with Crippen molar-refractivity contribution < 1.29 is 38.1 Å². The lowest BCUT2D eigenvalue weighted by Gasteiger charge is -2.35. The van der Waals surface area contributed by atoms with Gasteiger partial charge in [0.15, 0.2) is 0 Å². The average molecular weight is 1220 g/mol. The number of amides is 5. The Hall–Kier alpha value is -7.79. The molecule has 0 atom stereocenters. The molecule has 26 heteroatoms. The number of urea groups is 2. The van der Waals surface area contributed by atoms with Gasteiger partial charge in [0.2, 0.25) is 17.1 Å². The summed E-state index contributed by atoms with van der Waals surface area (Å²) in [4.78, 5) is 74.4. The SMILES string of the molecule is C=C(C)C(=O)Cl.C=C(C)C(=O)Nc1ccccc1Nc1ncc2c(n1)N(C)C(=O)N(c1c(Cl)c(OC)cc(OC)c1Cl)C2.CCN(CC)CC.COc1cc(OC)c(Cl)c(N2Cc3cnc(Nc4ccccc4N)nc3N(C)C2=O)c1Cl. The fraction of sp³-hybridized carbons (Fsp3) is 0.286. The third-order valence-corrected chi connectivity index (χ3v) is 14.1. The number of nitrogen functional groups attached to an aromatic ring is 1. The summed E-state index contributed by atoms with van der Waals surface area (Å²) in [5, 5.41) is 9.24. The van der Waals surface area contributed by atoms with Crippen molar-refractivity contribution in [2.24, 2.45) is 0 Å². The molecule has 4 heterocycles. The van der Waals surface area contributed by atoms with Crippen LogP contribution in [-0.2, 0) is 22.7 Å². The summed E-state index contributed by atoms with van der Waals surface area (Å²) in [5.41, 5.74) is 11.0. The first kappa shape index (κ1) is 65.0. The molecule has 0 radical (unpaired) electrons. The van der Waals surface area contributed by atoms with E-state index in [1.807, 2.05) is 18.2 Å². The number of para-hydroxylation sites is 4. The lowest BCUT2D eigenvalue weighted by molar-refractivity contribution is -0.112. The first-order valence-electron chi connectivity index (χ1n) is 25.0. The molecule has 2 aliphatic rings. The van der Waals surface area contributed by atoms with Crippen molar-refractivity contribution in [2.75, 3.05) is 103 Å². The standard InChI is InChI=1S/C25H24Cl2N6O4.C21H20Cl2N6O3.C6H15N.C4H5ClO/c1-13(2)23(34)29-15-8-6-7-9-16(15)30-24-28-11-14-12-33(25(35)32(3)22(14)31-24)21-19(26)17(36-4)10-18(37-5)20(21)27;1-28-19-11(9-25-20(27-19)26-13-7-5-4-6-12(13)24)10-29(21(28)30)18-16(22)14(31-2)8-15(32-3)17(18)23;1-4-7(5-2)6-3;1-3(2)4(5)6/h6-11H,1,12H2,2-5H3,(H,29,34)(H,28,30,31);4-9H,10,24H2,1-3H3,(H,25,26,27);4-6H2,1-3H3;1H2,2H3. The van der Waals surface area contributed by atoms with Gasteiger partial charge in [-0.15, -0.1) is 0 Å². The number of anilines is 10. The molecule has 2 aliphatic heterocycles. The minimum absolute atomic E-state index is 0.111. The Morgan fingerprint density at radius 1 is 0.622 bits per heavy atom. The highest BCUT2D eigenvalue weighted by Crippen LogP contribution is 2.49. The molecule has 8 rings (SSSR count). The number of methoxy groups -OCH3 is 4. The molecule has 0 saturated carbocycles. The van der Waals surface area contributed by atoms with Gasteiger partial charge in [-0.25, -0.2) is 19.6 Å². The number of benzene rings is 4. The maximum Gasteiger partial charge on any atom is 0.330 e. The fourth-order valence-corrected chi connectivity index (χ4v) is 9.17. The van der Waals surface area contributed by atoms with Gasteiger partial charge in [0.05, 0.1) is 75.7 Å². The lowest BCUT2D eigenvalue weighted by atomic mass is 10.2. The van der Waals surface area contributed by atoms with Crippen molar-refractivity contribution in [1.29, 1.82) is 0 Å². The number of nitrogens with two attached hydrogens (primary N) is 1. The van der Waals surface area contributed by atoms with Gasteiger partial charge in [-0.2, -0.15) is 9.97 Å². The van der Waals surface area contributed by atoms with Gasteiger partial charge in [-0.1, -0.05) is 105 Å². The van der Waals surface area contributed by atoms with Crippen LogP contribution in [0.4, 0.5) is 67.2 Å². The van der Waals surface area contributed by atoms with E-state index in [0.717, 1.165) is 0 Å². The molecule has 5 amide bonds. The number of halogens is 5. The first-order valence-corrected chi connectivity index (χ1v) is 26.9. The Labute approximate surface area is 501 Å². The molecule has 6 aromatic rings. The second-order valence-corrected chi connectivity index (χ2v) is 19.6. The zero-order valence-corrected chi connectivity index (χ0v) is 50.9. The Bertz CT molecular complexity index is 3280. The van der Waals surface area contributed by atoms with E-state index in [0.29, 0.717) is 85.6 Å². The van der Waals surface area contributed by atoms with E-state index in [2.05, 4.69) is 74.7 Å². The molecule has 0 unspecified atom stereocenters. The molecular weight excluding hydrogens is 1160 g/mol. The Morgan fingerprint density at radius 2 is 0.976 bits per heavy atom. The van der Waals surface area contributed by atoms with Crippen LogP contribution in [0.25, 0.3) is 0 Å². The van der Waals surface area contributed by atoms with Gasteiger partial charge in [0.1, 0.15) is 54.7 Å². The summed E-state index contributed by atoms with van der Waals surface area (Å²) in [5.74, 6) is 2.40. The van der Waals surface area contributed by atoms with Gasteiger partial charge < -0.3 is 45.5 Å². The molecule has 82 heavy (non-hydrogen) atoms. The van der Waals surface area contributed by atoms with Gasteiger partial charge in [0.25, 0.3) is 5.91 Å². The highest BCUT2D eigenvalue weighted by Gasteiger charge is 2.37. The van der Waals surface area contributed by atoms with Crippen LogP contribution in [0.3, 0.4) is 0 Å². The molecule has 21 nitrogen and oxygen atoms in total. The molecule has 4 aromatic carbocycles. The van der Waals surface area contributed by atoms with Crippen molar-refractivity contribution in [3.05, 3.63) is 129 Å². The number of ether oxygens (including phenoxy) is 4. The average Bonchev–Trinajstić information content (AvgIpc) is 2.09. The quantitative estimate of drug-likeness (QED) is 0.0401. The van der Waals surface area contributed by atoms with Gasteiger partial charge in [-0.05, 0) is 69.3 Å². The van der Waals surface area contributed by atoms with E-state index >= 15 is 0 Å². The number of aromatic nitrogens is 4. The zero-order chi connectivity index (χ0) is 60.7. The van der Waals surface area contributed by atoms with Crippen LogP contribution in [0.15, 0.2) is 97.4 Å². The highest BCUT2D eigenvalue weighted by atomic mass is 35.5. The minimum atomic E-state index is -0.463. The summed E-state index contributed by atoms with van der Waals surface area (Å²) >= 11 is 31.0. The Kier molecular flexibility index (Phi) is 23.6. The van der Waals surface area contributed by atoms with Gasteiger partial charge >= 0.3 is 12.1 Å². The van der Waals surface area contributed by atoms with Crippen molar-refractivity contribution >= 4 is 139 Å². The van der Waals surface area contributed by atoms with Crippen LogP contribution < -0.4 is 60.2 Å². The molecule has 2 aromatic heterocycles. The Balaban J connectivity index is 0.000000249. The molecule has 0 aliphatic carbocycles. The van der Waals surface area contributed by atoms with Crippen LogP contribution in [0.1, 0.15) is 45.7 Å². The number of nitrogens with zero attached hydrogens (tertiary/aromatic N) is 9. The van der Waals surface area contributed by atoms with Crippen molar-refractivity contribution in [3.8, 4) is 23.0 Å². The van der Waals surface area contributed by atoms with E-state index in [9.17, 15) is 19.2 Å². The molecule has 436 valence electrons. The van der Waals surface area contributed by atoms with Crippen molar-refractivity contribution in [3.63, 3.8) is 0 Å². The highest BCUT2D eigenvalue weighted by molar-refractivity contribution is 6.67. The normalized spacial score (nSPS) is 12.3. The van der Waals surface area contributed by atoms with Gasteiger partial charge in [-0.3, -0.25) is 29.2 Å². The summed E-state index contributed by atoms with van der Waals surface area (Å²) < 4.78 is 21.3. The van der Waals surface area contributed by atoms with E-state index in [1.54, 1.807) is 82.8 Å². The molecule has 0 fully saturated rings.